The molecule has 0 N–H and O–H groups in total. The Kier molecular flexibility index (Phi) is 7.17. The first kappa shape index (κ1) is 23.5. The summed E-state index contributed by atoms with van der Waals surface area (Å²) >= 11 is 1.70. The number of thiophene rings is 1. The van der Waals surface area contributed by atoms with Gasteiger partial charge in [-0.2, -0.15) is 4.31 Å². The average molecular weight is 485 g/mol. The summed E-state index contributed by atoms with van der Waals surface area (Å²) in [6, 6.07) is 17.9. The van der Waals surface area contributed by atoms with E-state index in [9.17, 15) is 13.2 Å². The molecule has 0 fully saturated rings. The molecule has 1 amide bonds. The van der Waals surface area contributed by atoms with E-state index in [1.54, 1.807) is 48.8 Å². The van der Waals surface area contributed by atoms with Gasteiger partial charge in [-0.05, 0) is 59.7 Å². The Morgan fingerprint density at radius 3 is 2.52 bits per heavy atom. The molecule has 0 radical (unpaired) electrons. The molecule has 1 aliphatic heterocycles. The lowest BCUT2D eigenvalue weighted by atomic mass is 9.93. The molecule has 1 atom stereocenters. The van der Waals surface area contributed by atoms with Gasteiger partial charge in [-0.25, -0.2) is 8.42 Å². The molecule has 6 nitrogen and oxygen atoms in total. The van der Waals surface area contributed by atoms with Crippen molar-refractivity contribution in [3.05, 3.63) is 82.0 Å². The zero-order valence-corrected chi connectivity index (χ0v) is 20.4. The number of carbonyl (C=O) groups excluding carboxylic acids is 1. The highest BCUT2D eigenvalue weighted by Crippen LogP contribution is 2.38. The molecule has 0 saturated heterocycles. The molecule has 1 aromatic heterocycles. The molecule has 3 aromatic rings. The number of ether oxygens (including phenoxy) is 1. The molecule has 2 aromatic carbocycles. The van der Waals surface area contributed by atoms with Crippen molar-refractivity contribution in [2.75, 3.05) is 26.7 Å². The van der Waals surface area contributed by atoms with Crippen LogP contribution in [0.4, 0.5) is 0 Å². The van der Waals surface area contributed by atoms with E-state index in [1.807, 2.05) is 36.1 Å². The summed E-state index contributed by atoms with van der Waals surface area (Å²) in [4.78, 5) is 16.9. The van der Waals surface area contributed by atoms with Gasteiger partial charge in [0.2, 0.25) is 15.9 Å². The summed E-state index contributed by atoms with van der Waals surface area (Å²) in [5.41, 5.74) is 2.09. The molecule has 4 rings (SSSR count). The molecule has 0 aliphatic carbocycles. The fraction of sp³-hybridized carbons (Fsp3) is 0.320. The number of sulfonamides is 1. The molecular weight excluding hydrogens is 456 g/mol. The topological polar surface area (TPSA) is 66.9 Å². The van der Waals surface area contributed by atoms with Crippen LogP contribution >= 0.6 is 11.3 Å². The minimum atomic E-state index is -3.77. The van der Waals surface area contributed by atoms with Gasteiger partial charge in [0.15, 0.2) is 0 Å². The highest BCUT2D eigenvalue weighted by Gasteiger charge is 2.35. The molecule has 0 bridgehead atoms. The highest BCUT2D eigenvalue weighted by molar-refractivity contribution is 7.89. The molecule has 0 spiro atoms. The monoisotopic (exact) mass is 484 g/mol. The predicted molar refractivity (Wildman–Crippen MR) is 130 cm³/mol. The van der Waals surface area contributed by atoms with Crippen LogP contribution in [0.2, 0.25) is 0 Å². The molecule has 2 heterocycles. The Balaban J connectivity index is 1.64. The van der Waals surface area contributed by atoms with Crippen molar-refractivity contribution in [3.63, 3.8) is 0 Å². The summed E-state index contributed by atoms with van der Waals surface area (Å²) in [6.45, 7) is 2.57. The molecule has 33 heavy (non-hydrogen) atoms. The molecule has 174 valence electrons. The predicted octanol–water partition coefficient (Wildman–Crippen LogP) is 4.33. The first-order chi connectivity index (χ1) is 16.0. The van der Waals surface area contributed by atoms with Crippen LogP contribution in [0.15, 0.2) is 70.9 Å². The molecule has 1 aliphatic rings. The minimum absolute atomic E-state index is 0.183. The quantitative estimate of drug-likeness (QED) is 0.477. The van der Waals surface area contributed by atoms with Gasteiger partial charge in [0.1, 0.15) is 5.75 Å². The third kappa shape index (κ3) is 4.83. The van der Waals surface area contributed by atoms with Gasteiger partial charge in [-0.3, -0.25) is 4.79 Å². The maximum absolute atomic E-state index is 13.6. The van der Waals surface area contributed by atoms with Crippen molar-refractivity contribution >= 4 is 27.3 Å². The largest absolute Gasteiger partial charge is 0.497 e. The Hall–Kier alpha value is -2.68. The van der Waals surface area contributed by atoms with Gasteiger partial charge in [0, 0.05) is 18.0 Å². The minimum Gasteiger partial charge on any atom is -0.497 e. The maximum atomic E-state index is 13.6. The van der Waals surface area contributed by atoms with E-state index in [1.165, 1.54) is 9.18 Å². The SMILES string of the molecule is CCCN(CC(=O)N1CCc2sccc2C1c1ccc(OC)cc1)S(=O)(=O)c1ccccc1. The van der Waals surface area contributed by atoms with Gasteiger partial charge in [0.05, 0.1) is 24.6 Å². The number of rotatable bonds is 8. The Labute approximate surface area is 199 Å². The zero-order chi connectivity index (χ0) is 23.4. The first-order valence-corrected chi connectivity index (χ1v) is 13.3. The third-order valence-corrected chi connectivity index (χ3v) is 8.74. The van der Waals surface area contributed by atoms with E-state index < -0.39 is 10.0 Å². The van der Waals surface area contributed by atoms with E-state index in [0.29, 0.717) is 13.0 Å². The number of hydrogen-bond donors (Lipinski definition) is 0. The van der Waals surface area contributed by atoms with E-state index in [0.717, 1.165) is 23.3 Å². The molecule has 8 heteroatoms. The van der Waals surface area contributed by atoms with Gasteiger partial charge in [-0.15, -0.1) is 11.3 Å². The molecule has 1 unspecified atom stereocenters. The van der Waals surface area contributed by atoms with E-state index in [-0.39, 0.29) is 29.9 Å². The van der Waals surface area contributed by atoms with Crippen LogP contribution in [0.25, 0.3) is 0 Å². The lowest BCUT2D eigenvalue weighted by molar-refractivity contribution is -0.133. The molecular formula is C25H28N2O4S2. The summed E-state index contributed by atoms with van der Waals surface area (Å²) in [5.74, 6) is 0.557. The highest BCUT2D eigenvalue weighted by atomic mass is 32.2. The fourth-order valence-corrected chi connectivity index (χ4v) is 6.65. The number of benzene rings is 2. The second-order valence-electron chi connectivity index (χ2n) is 7.96. The average Bonchev–Trinajstić information content (AvgIpc) is 3.32. The van der Waals surface area contributed by atoms with Crippen molar-refractivity contribution in [2.45, 2.75) is 30.7 Å². The van der Waals surface area contributed by atoms with Gasteiger partial charge in [-0.1, -0.05) is 37.3 Å². The second-order valence-corrected chi connectivity index (χ2v) is 10.9. The fourth-order valence-electron chi connectivity index (χ4n) is 4.25. The van der Waals surface area contributed by atoms with Gasteiger partial charge in [0.25, 0.3) is 0 Å². The third-order valence-electron chi connectivity index (χ3n) is 5.88. The number of nitrogens with zero attached hydrogens (tertiary/aromatic N) is 2. The Bertz CT molecular complexity index is 1190. The number of fused-ring (bicyclic) bond motifs is 1. The Morgan fingerprint density at radius 1 is 1.12 bits per heavy atom. The smallest absolute Gasteiger partial charge is 0.243 e. The van der Waals surface area contributed by atoms with E-state index in [4.69, 9.17) is 4.74 Å². The van der Waals surface area contributed by atoms with Crippen LogP contribution in [-0.4, -0.2) is 50.3 Å². The summed E-state index contributed by atoms with van der Waals surface area (Å²) < 4.78 is 33.1. The van der Waals surface area contributed by atoms with Crippen molar-refractivity contribution in [1.82, 2.24) is 9.21 Å². The Morgan fingerprint density at radius 2 is 1.85 bits per heavy atom. The van der Waals surface area contributed by atoms with Crippen LogP contribution in [0.5, 0.6) is 5.75 Å². The normalized spacial score (nSPS) is 16.0. The number of methoxy groups -OCH3 is 1. The number of amides is 1. The summed E-state index contributed by atoms with van der Waals surface area (Å²) in [6.07, 6.45) is 1.39. The molecule has 0 saturated carbocycles. The number of hydrogen-bond acceptors (Lipinski definition) is 5. The van der Waals surface area contributed by atoms with Crippen LogP contribution in [0.3, 0.4) is 0 Å². The summed E-state index contributed by atoms with van der Waals surface area (Å²) in [5, 5.41) is 2.05. The van der Waals surface area contributed by atoms with Crippen LogP contribution in [0, 0.1) is 0 Å². The lowest BCUT2D eigenvalue weighted by Crippen LogP contribution is -2.46. The van der Waals surface area contributed by atoms with Crippen LogP contribution in [-0.2, 0) is 21.2 Å². The number of carbonyl (C=O) groups is 1. The second kappa shape index (κ2) is 10.1. The van der Waals surface area contributed by atoms with Crippen LogP contribution < -0.4 is 4.74 Å². The first-order valence-electron chi connectivity index (χ1n) is 11.0. The zero-order valence-electron chi connectivity index (χ0n) is 18.8. The van der Waals surface area contributed by atoms with Gasteiger partial charge < -0.3 is 9.64 Å². The van der Waals surface area contributed by atoms with Crippen molar-refractivity contribution in [3.8, 4) is 5.75 Å². The van der Waals surface area contributed by atoms with E-state index in [2.05, 4.69) is 11.4 Å². The van der Waals surface area contributed by atoms with Crippen LogP contribution in [0.1, 0.15) is 35.4 Å². The van der Waals surface area contributed by atoms with Crippen molar-refractivity contribution in [1.29, 1.82) is 0 Å². The van der Waals surface area contributed by atoms with Crippen molar-refractivity contribution < 1.29 is 17.9 Å². The van der Waals surface area contributed by atoms with Crippen molar-refractivity contribution in [2.24, 2.45) is 0 Å². The van der Waals surface area contributed by atoms with Gasteiger partial charge >= 0.3 is 0 Å². The summed E-state index contributed by atoms with van der Waals surface area (Å²) in [7, 11) is -2.14. The lowest BCUT2D eigenvalue weighted by Gasteiger charge is -2.37. The van der Waals surface area contributed by atoms with E-state index >= 15 is 0 Å². The maximum Gasteiger partial charge on any atom is 0.243 e. The standard InChI is InChI=1S/C25H28N2O4S2/c1-3-15-26(33(29,30)21-7-5-4-6-8-21)18-24(28)27-16-13-23-22(14-17-32-23)25(27)19-9-11-20(31-2)12-10-19/h4-12,14,17,25H,3,13,15-16,18H2,1-2H3.